The van der Waals surface area contributed by atoms with E-state index in [4.69, 9.17) is 0 Å². The number of aryl methyl sites for hydroxylation is 1. The van der Waals surface area contributed by atoms with Gasteiger partial charge < -0.3 is 0 Å². The number of benzene rings is 1. The third-order valence-electron chi connectivity index (χ3n) is 3.18. The Hall–Kier alpha value is -1.16. The van der Waals surface area contributed by atoms with E-state index in [1.54, 1.807) is 0 Å². The van der Waals surface area contributed by atoms with Crippen molar-refractivity contribution >= 4 is 15.9 Å². The summed E-state index contributed by atoms with van der Waals surface area (Å²) in [7, 11) is 0. The standard InChI is InChI=1S/C13H14BrN3/c1-9-5-6-12-15-13(16-17(12)8-9)10-3-2-4-11(14)7-10/h2-4,7,9H,5-6,8H2,1H3. The van der Waals surface area contributed by atoms with Crippen LogP contribution in [0, 0.1) is 5.92 Å². The SMILES string of the molecule is CC1CCc2nc(-c3cccc(Br)c3)nn2C1. The smallest absolute Gasteiger partial charge is 0.181 e. The molecule has 4 heteroatoms. The average Bonchev–Trinajstić information content (AvgIpc) is 2.72. The van der Waals surface area contributed by atoms with Crippen LogP contribution >= 0.6 is 15.9 Å². The van der Waals surface area contributed by atoms with E-state index in [0.29, 0.717) is 5.92 Å². The van der Waals surface area contributed by atoms with Gasteiger partial charge in [0.05, 0.1) is 0 Å². The molecule has 3 nitrogen and oxygen atoms in total. The highest BCUT2D eigenvalue weighted by Gasteiger charge is 2.19. The summed E-state index contributed by atoms with van der Waals surface area (Å²) in [5.74, 6) is 2.67. The van der Waals surface area contributed by atoms with Gasteiger partial charge in [-0.2, -0.15) is 5.10 Å². The van der Waals surface area contributed by atoms with Crippen molar-refractivity contribution in [3.05, 3.63) is 34.6 Å². The first kappa shape index (κ1) is 11.0. The summed E-state index contributed by atoms with van der Waals surface area (Å²) in [6.45, 7) is 3.26. The highest BCUT2D eigenvalue weighted by Crippen LogP contribution is 2.23. The zero-order chi connectivity index (χ0) is 11.8. The topological polar surface area (TPSA) is 30.7 Å². The zero-order valence-corrected chi connectivity index (χ0v) is 11.3. The maximum absolute atomic E-state index is 4.63. The van der Waals surface area contributed by atoms with Gasteiger partial charge in [0.2, 0.25) is 0 Å². The van der Waals surface area contributed by atoms with Crippen LogP contribution in [0.25, 0.3) is 11.4 Å². The second-order valence-electron chi connectivity index (χ2n) is 4.69. The summed E-state index contributed by atoms with van der Waals surface area (Å²) in [6, 6.07) is 8.14. The molecule has 0 N–H and O–H groups in total. The van der Waals surface area contributed by atoms with Gasteiger partial charge in [0.25, 0.3) is 0 Å². The number of hydrogen-bond acceptors (Lipinski definition) is 2. The molecule has 0 radical (unpaired) electrons. The van der Waals surface area contributed by atoms with Crippen molar-refractivity contribution in [1.82, 2.24) is 14.8 Å². The molecule has 88 valence electrons. The van der Waals surface area contributed by atoms with Gasteiger partial charge in [-0.1, -0.05) is 35.0 Å². The molecule has 1 unspecified atom stereocenters. The van der Waals surface area contributed by atoms with Gasteiger partial charge in [0.15, 0.2) is 5.82 Å². The van der Waals surface area contributed by atoms with Gasteiger partial charge in [-0.05, 0) is 24.5 Å². The fourth-order valence-corrected chi connectivity index (χ4v) is 2.62. The second kappa shape index (κ2) is 4.26. The Morgan fingerprint density at radius 2 is 2.29 bits per heavy atom. The van der Waals surface area contributed by atoms with E-state index >= 15 is 0 Å². The second-order valence-corrected chi connectivity index (χ2v) is 5.60. The fourth-order valence-electron chi connectivity index (χ4n) is 2.22. The van der Waals surface area contributed by atoms with Gasteiger partial charge in [-0.25, -0.2) is 9.67 Å². The minimum absolute atomic E-state index is 0.708. The largest absolute Gasteiger partial charge is 0.249 e. The Labute approximate surface area is 109 Å². The Balaban J connectivity index is 2.00. The molecule has 0 bridgehead atoms. The van der Waals surface area contributed by atoms with Crippen LogP contribution in [-0.4, -0.2) is 14.8 Å². The molecule has 1 aliphatic rings. The molecular formula is C13H14BrN3. The molecular weight excluding hydrogens is 278 g/mol. The van der Waals surface area contributed by atoms with Gasteiger partial charge in [0, 0.05) is 23.0 Å². The summed E-state index contributed by atoms with van der Waals surface area (Å²) in [4.78, 5) is 4.63. The maximum Gasteiger partial charge on any atom is 0.181 e. The number of rotatable bonds is 1. The first-order valence-corrected chi connectivity index (χ1v) is 6.71. The molecule has 0 spiro atoms. The molecule has 1 atom stereocenters. The van der Waals surface area contributed by atoms with Crippen molar-refractivity contribution in [2.24, 2.45) is 5.92 Å². The average molecular weight is 292 g/mol. The van der Waals surface area contributed by atoms with E-state index in [-0.39, 0.29) is 0 Å². The van der Waals surface area contributed by atoms with Crippen molar-refractivity contribution < 1.29 is 0 Å². The lowest BCUT2D eigenvalue weighted by Crippen LogP contribution is -2.18. The molecule has 1 aromatic carbocycles. The number of aromatic nitrogens is 3. The number of halogens is 1. The summed E-state index contributed by atoms with van der Waals surface area (Å²) in [5, 5.41) is 4.60. The lowest BCUT2D eigenvalue weighted by Gasteiger charge is -2.17. The van der Waals surface area contributed by atoms with E-state index < -0.39 is 0 Å². The minimum Gasteiger partial charge on any atom is -0.249 e. The summed E-state index contributed by atoms with van der Waals surface area (Å²) in [6.07, 6.45) is 2.26. The first-order valence-electron chi connectivity index (χ1n) is 5.92. The maximum atomic E-state index is 4.63. The third-order valence-corrected chi connectivity index (χ3v) is 3.67. The quantitative estimate of drug-likeness (QED) is 0.807. The van der Waals surface area contributed by atoms with E-state index in [1.807, 2.05) is 12.1 Å². The predicted octanol–water partition coefficient (Wildman–Crippen LogP) is 3.29. The molecule has 2 heterocycles. The van der Waals surface area contributed by atoms with Crippen LogP contribution in [0.3, 0.4) is 0 Å². The Morgan fingerprint density at radius 3 is 3.12 bits per heavy atom. The molecule has 1 aromatic heterocycles. The Bertz CT molecular complexity index is 547. The molecule has 17 heavy (non-hydrogen) atoms. The number of nitrogens with zero attached hydrogens (tertiary/aromatic N) is 3. The molecule has 0 aliphatic carbocycles. The normalized spacial score (nSPS) is 19.1. The van der Waals surface area contributed by atoms with E-state index in [9.17, 15) is 0 Å². The van der Waals surface area contributed by atoms with Crippen LogP contribution in [-0.2, 0) is 13.0 Å². The van der Waals surface area contributed by atoms with Crippen molar-refractivity contribution in [1.29, 1.82) is 0 Å². The number of hydrogen-bond donors (Lipinski definition) is 0. The minimum atomic E-state index is 0.708. The van der Waals surface area contributed by atoms with Crippen LogP contribution in [0.15, 0.2) is 28.7 Å². The lowest BCUT2D eigenvalue weighted by atomic mass is 10.0. The van der Waals surface area contributed by atoms with Crippen LogP contribution in [0.4, 0.5) is 0 Å². The van der Waals surface area contributed by atoms with Crippen LogP contribution in [0.5, 0.6) is 0 Å². The molecule has 0 saturated carbocycles. The highest BCUT2D eigenvalue weighted by molar-refractivity contribution is 9.10. The van der Waals surface area contributed by atoms with Crippen molar-refractivity contribution in [3.63, 3.8) is 0 Å². The Kier molecular flexibility index (Phi) is 2.74. The van der Waals surface area contributed by atoms with Crippen LogP contribution in [0.1, 0.15) is 19.2 Å². The van der Waals surface area contributed by atoms with E-state index in [0.717, 1.165) is 34.7 Å². The monoisotopic (exact) mass is 291 g/mol. The highest BCUT2D eigenvalue weighted by atomic mass is 79.9. The van der Waals surface area contributed by atoms with Gasteiger partial charge in [-0.15, -0.1) is 0 Å². The number of fused-ring (bicyclic) bond motifs is 1. The van der Waals surface area contributed by atoms with Gasteiger partial charge >= 0.3 is 0 Å². The molecule has 3 rings (SSSR count). The Morgan fingerprint density at radius 1 is 1.41 bits per heavy atom. The first-order chi connectivity index (χ1) is 8.22. The van der Waals surface area contributed by atoms with Crippen molar-refractivity contribution in [3.8, 4) is 11.4 Å². The predicted molar refractivity (Wildman–Crippen MR) is 70.6 cm³/mol. The molecule has 0 amide bonds. The van der Waals surface area contributed by atoms with E-state index in [1.165, 1.54) is 6.42 Å². The molecule has 0 fully saturated rings. The van der Waals surface area contributed by atoms with Gasteiger partial charge in [-0.3, -0.25) is 0 Å². The molecule has 2 aromatic rings. The zero-order valence-electron chi connectivity index (χ0n) is 9.73. The van der Waals surface area contributed by atoms with Crippen LogP contribution < -0.4 is 0 Å². The fraction of sp³-hybridized carbons (Fsp3) is 0.385. The van der Waals surface area contributed by atoms with Crippen LogP contribution in [0.2, 0.25) is 0 Å². The van der Waals surface area contributed by atoms with Crippen molar-refractivity contribution in [2.45, 2.75) is 26.3 Å². The van der Waals surface area contributed by atoms with E-state index in [2.05, 4.69) is 49.8 Å². The summed E-state index contributed by atoms with van der Waals surface area (Å²) >= 11 is 3.48. The van der Waals surface area contributed by atoms with Gasteiger partial charge in [0.1, 0.15) is 5.82 Å². The summed E-state index contributed by atoms with van der Waals surface area (Å²) in [5.41, 5.74) is 1.08. The third kappa shape index (κ3) is 2.14. The summed E-state index contributed by atoms with van der Waals surface area (Å²) < 4.78 is 3.13. The van der Waals surface area contributed by atoms with Crippen molar-refractivity contribution in [2.75, 3.05) is 0 Å². The lowest BCUT2D eigenvalue weighted by molar-refractivity contribution is 0.368. The molecule has 0 saturated heterocycles. The molecule has 1 aliphatic heterocycles.